The van der Waals surface area contributed by atoms with E-state index in [1.165, 1.54) is 0 Å². The van der Waals surface area contributed by atoms with Crippen LogP contribution in [0.1, 0.15) is 20.8 Å². The van der Waals surface area contributed by atoms with Crippen molar-refractivity contribution in [2.24, 2.45) is 0 Å². The predicted molar refractivity (Wildman–Crippen MR) is 84.9 cm³/mol. The SMILES string of the molecule is CN(CCNC(C)(C)C)CCOc1cccc(Br)c1. The average molecular weight is 329 g/mol. The lowest BCUT2D eigenvalue weighted by molar-refractivity contribution is 0.233. The summed E-state index contributed by atoms with van der Waals surface area (Å²) in [4.78, 5) is 2.27. The van der Waals surface area contributed by atoms with Gasteiger partial charge in [-0.05, 0) is 46.0 Å². The molecule has 0 unspecified atom stereocenters. The van der Waals surface area contributed by atoms with E-state index < -0.39 is 0 Å². The fourth-order valence-electron chi connectivity index (χ4n) is 1.61. The van der Waals surface area contributed by atoms with Gasteiger partial charge in [-0.15, -0.1) is 0 Å². The third-order valence-electron chi connectivity index (χ3n) is 2.69. The molecule has 3 nitrogen and oxygen atoms in total. The van der Waals surface area contributed by atoms with E-state index in [0.717, 1.165) is 29.9 Å². The number of rotatable bonds is 7. The molecule has 0 aliphatic carbocycles. The molecule has 0 spiro atoms. The molecule has 0 aliphatic rings. The minimum Gasteiger partial charge on any atom is -0.492 e. The third-order valence-corrected chi connectivity index (χ3v) is 3.18. The summed E-state index contributed by atoms with van der Waals surface area (Å²) < 4.78 is 6.76. The Morgan fingerprint density at radius 3 is 2.63 bits per heavy atom. The summed E-state index contributed by atoms with van der Waals surface area (Å²) in [7, 11) is 2.12. The van der Waals surface area contributed by atoms with Crippen LogP contribution in [-0.4, -0.2) is 43.7 Å². The first-order valence-electron chi connectivity index (χ1n) is 6.69. The minimum atomic E-state index is 0.188. The molecule has 0 bridgehead atoms. The van der Waals surface area contributed by atoms with E-state index in [1.807, 2.05) is 24.3 Å². The molecule has 0 atom stereocenters. The highest BCUT2D eigenvalue weighted by atomic mass is 79.9. The van der Waals surface area contributed by atoms with Crippen molar-refractivity contribution in [1.82, 2.24) is 10.2 Å². The maximum atomic E-state index is 5.71. The molecule has 0 aliphatic heterocycles. The van der Waals surface area contributed by atoms with Crippen molar-refractivity contribution in [3.8, 4) is 5.75 Å². The molecule has 0 aromatic heterocycles. The molecule has 1 rings (SSSR count). The van der Waals surface area contributed by atoms with Crippen molar-refractivity contribution in [1.29, 1.82) is 0 Å². The molecule has 0 saturated carbocycles. The third kappa shape index (κ3) is 8.24. The number of nitrogens with one attached hydrogen (secondary N) is 1. The maximum absolute atomic E-state index is 5.71. The van der Waals surface area contributed by atoms with E-state index in [4.69, 9.17) is 4.74 Å². The van der Waals surface area contributed by atoms with Crippen LogP contribution < -0.4 is 10.1 Å². The van der Waals surface area contributed by atoms with Crippen LogP contribution in [0.4, 0.5) is 0 Å². The Hall–Kier alpha value is -0.580. The molecular formula is C15H25BrN2O. The number of halogens is 1. The van der Waals surface area contributed by atoms with Gasteiger partial charge in [0.2, 0.25) is 0 Å². The summed E-state index contributed by atoms with van der Waals surface area (Å²) >= 11 is 3.44. The van der Waals surface area contributed by atoms with Crippen LogP contribution in [0.15, 0.2) is 28.7 Å². The van der Waals surface area contributed by atoms with E-state index in [0.29, 0.717) is 6.61 Å². The van der Waals surface area contributed by atoms with Crippen LogP contribution in [-0.2, 0) is 0 Å². The van der Waals surface area contributed by atoms with E-state index in [9.17, 15) is 0 Å². The van der Waals surface area contributed by atoms with Crippen LogP contribution in [0.25, 0.3) is 0 Å². The smallest absolute Gasteiger partial charge is 0.120 e. The molecule has 0 saturated heterocycles. The monoisotopic (exact) mass is 328 g/mol. The zero-order chi connectivity index (χ0) is 14.3. The van der Waals surface area contributed by atoms with Gasteiger partial charge in [0.05, 0.1) is 0 Å². The van der Waals surface area contributed by atoms with Gasteiger partial charge in [-0.2, -0.15) is 0 Å². The van der Waals surface area contributed by atoms with Gasteiger partial charge in [0.25, 0.3) is 0 Å². The molecule has 0 heterocycles. The van der Waals surface area contributed by atoms with E-state index in [2.05, 4.69) is 54.0 Å². The summed E-state index contributed by atoms with van der Waals surface area (Å²) in [6.45, 7) is 10.2. The molecular weight excluding hydrogens is 304 g/mol. The second-order valence-corrected chi connectivity index (χ2v) is 6.70. The summed E-state index contributed by atoms with van der Waals surface area (Å²) in [6.07, 6.45) is 0. The summed E-state index contributed by atoms with van der Waals surface area (Å²) in [5.41, 5.74) is 0.188. The molecule has 1 N–H and O–H groups in total. The fourth-order valence-corrected chi connectivity index (χ4v) is 1.99. The summed E-state index contributed by atoms with van der Waals surface area (Å²) in [5.74, 6) is 0.913. The van der Waals surface area contributed by atoms with Gasteiger partial charge in [0.1, 0.15) is 12.4 Å². The van der Waals surface area contributed by atoms with Crippen LogP contribution >= 0.6 is 15.9 Å². The Morgan fingerprint density at radius 1 is 1.26 bits per heavy atom. The molecule has 19 heavy (non-hydrogen) atoms. The lowest BCUT2D eigenvalue weighted by atomic mass is 10.1. The molecule has 0 radical (unpaired) electrons. The topological polar surface area (TPSA) is 24.5 Å². The van der Waals surface area contributed by atoms with E-state index in [-0.39, 0.29) is 5.54 Å². The summed E-state index contributed by atoms with van der Waals surface area (Å²) in [5, 5.41) is 3.48. The number of nitrogens with zero attached hydrogens (tertiary/aromatic N) is 1. The first-order chi connectivity index (χ1) is 8.87. The van der Waals surface area contributed by atoms with Crippen LogP contribution in [0.5, 0.6) is 5.75 Å². The first-order valence-corrected chi connectivity index (χ1v) is 7.48. The van der Waals surface area contributed by atoms with Crippen molar-refractivity contribution < 1.29 is 4.74 Å². The largest absolute Gasteiger partial charge is 0.492 e. The van der Waals surface area contributed by atoms with Crippen molar-refractivity contribution in [3.05, 3.63) is 28.7 Å². The Balaban J connectivity index is 2.15. The standard InChI is InChI=1S/C15H25BrN2O/c1-15(2,3)17-8-9-18(4)10-11-19-14-7-5-6-13(16)12-14/h5-7,12,17H,8-11H2,1-4H3. The Morgan fingerprint density at radius 2 is 2.00 bits per heavy atom. The Kier molecular flexibility index (Phi) is 6.83. The van der Waals surface area contributed by atoms with Crippen LogP contribution in [0.2, 0.25) is 0 Å². The van der Waals surface area contributed by atoms with Gasteiger partial charge in [0, 0.05) is 29.6 Å². The van der Waals surface area contributed by atoms with Crippen LogP contribution in [0, 0.1) is 0 Å². The second-order valence-electron chi connectivity index (χ2n) is 5.79. The van der Waals surface area contributed by atoms with Crippen molar-refractivity contribution >= 4 is 15.9 Å². The molecule has 0 amide bonds. The fraction of sp³-hybridized carbons (Fsp3) is 0.600. The zero-order valence-electron chi connectivity index (χ0n) is 12.4. The van der Waals surface area contributed by atoms with Gasteiger partial charge in [-0.1, -0.05) is 22.0 Å². The highest BCUT2D eigenvalue weighted by Gasteiger charge is 2.08. The van der Waals surface area contributed by atoms with Gasteiger partial charge in [0.15, 0.2) is 0 Å². The van der Waals surface area contributed by atoms with E-state index >= 15 is 0 Å². The van der Waals surface area contributed by atoms with Crippen molar-refractivity contribution in [2.75, 3.05) is 33.3 Å². The van der Waals surface area contributed by atoms with E-state index in [1.54, 1.807) is 0 Å². The van der Waals surface area contributed by atoms with Crippen molar-refractivity contribution in [3.63, 3.8) is 0 Å². The van der Waals surface area contributed by atoms with Gasteiger partial charge in [-0.25, -0.2) is 0 Å². The van der Waals surface area contributed by atoms with Gasteiger partial charge in [-0.3, -0.25) is 0 Å². The highest BCUT2D eigenvalue weighted by Crippen LogP contribution is 2.17. The summed E-state index contributed by atoms with van der Waals surface area (Å²) in [6, 6.07) is 7.95. The molecule has 1 aromatic carbocycles. The van der Waals surface area contributed by atoms with Crippen molar-refractivity contribution in [2.45, 2.75) is 26.3 Å². The normalized spacial score (nSPS) is 11.9. The molecule has 1 aromatic rings. The quantitative estimate of drug-likeness (QED) is 0.832. The first kappa shape index (κ1) is 16.5. The predicted octanol–water partition coefficient (Wildman–Crippen LogP) is 3.15. The van der Waals surface area contributed by atoms with Crippen LogP contribution in [0.3, 0.4) is 0 Å². The number of hydrogen-bond donors (Lipinski definition) is 1. The maximum Gasteiger partial charge on any atom is 0.120 e. The number of hydrogen-bond acceptors (Lipinski definition) is 3. The second kappa shape index (κ2) is 7.88. The van der Waals surface area contributed by atoms with Gasteiger partial charge >= 0.3 is 0 Å². The number of likely N-dealkylation sites (N-methyl/N-ethyl adjacent to an activating group) is 1. The Labute approximate surface area is 125 Å². The number of benzene rings is 1. The lowest BCUT2D eigenvalue weighted by Crippen LogP contribution is -2.41. The number of ether oxygens (including phenoxy) is 1. The zero-order valence-corrected chi connectivity index (χ0v) is 14.0. The lowest BCUT2D eigenvalue weighted by Gasteiger charge is -2.23. The molecule has 4 heteroatoms. The average Bonchev–Trinajstić information content (AvgIpc) is 2.27. The Bertz CT molecular complexity index is 377. The highest BCUT2D eigenvalue weighted by molar-refractivity contribution is 9.10. The van der Waals surface area contributed by atoms with Gasteiger partial charge < -0.3 is 15.0 Å². The minimum absolute atomic E-state index is 0.188. The molecule has 108 valence electrons. The molecule has 0 fully saturated rings.